The molecule has 1 aliphatic carbocycles. The Bertz CT molecular complexity index is 602. The van der Waals surface area contributed by atoms with Crippen molar-refractivity contribution in [3.8, 4) is 11.6 Å². The number of hydrogen-bond acceptors (Lipinski definition) is 4. The average Bonchev–Trinajstić information content (AvgIpc) is 2.90. The summed E-state index contributed by atoms with van der Waals surface area (Å²) in [6.07, 6.45) is 9.40. The lowest BCUT2D eigenvalue weighted by Gasteiger charge is -2.19. The standard InChI is InChI=1S/C15H21N5/c1-3-8-16-13-11-6-4-5-7-12(11)18-14(19-13)15-17-9-10-20(15)2/h9-10H,3-8H2,1-2H3,(H,16,18,19). The van der Waals surface area contributed by atoms with Crippen LogP contribution in [0.15, 0.2) is 12.4 Å². The second-order valence-electron chi connectivity index (χ2n) is 5.32. The predicted molar refractivity (Wildman–Crippen MR) is 79.7 cm³/mol. The highest BCUT2D eigenvalue weighted by Crippen LogP contribution is 2.27. The molecular weight excluding hydrogens is 250 g/mol. The van der Waals surface area contributed by atoms with Gasteiger partial charge in [0.15, 0.2) is 11.6 Å². The van der Waals surface area contributed by atoms with Crippen molar-refractivity contribution in [2.24, 2.45) is 7.05 Å². The molecule has 0 aliphatic heterocycles. The van der Waals surface area contributed by atoms with Gasteiger partial charge in [-0.2, -0.15) is 0 Å². The van der Waals surface area contributed by atoms with Gasteiger partial charge in [-0.1, -0.05) is 6.92 Å². The summed E-state index contributed by atoms with van der Waals surface area (Å²) in [5, 5.41) is 3.46. The highest BCUT2D eigenvalue weighted by molar-refractivity contribution is 5.55. The fourth-order valence-corrected chi connectivity index (χ4v) is 2.66. The van der Waals surface area contributed by atoms with E-state index in [0.29, 0.717) is 0 Å². The molecule has 0 saturated heterocycles. The van der Waals surface area contributed by atoms with Crippen LogP contribution in [0.25, 0.3) is 11.6 Å². The summed E-state index contributed by atoms with van der Waals surface area (Å²) in [6.45, 7) is 3.11. The SMILES string of the molecule is CCCNc1nc(-c2nccn2C)nc2c1CCCC2. The molecule has 20 heavy (non-hydrogen) atoms. The maximum absolute atomic E-state index is 4.75. The molecule has 0 aromatic carbocycles. The molecule has 5 nitrogen and oxygen atoms in total. The molecule has 3 rings (SSSR count). The minimum Gasteiger partial charge on any atom is -0.370 e. The molecule has 2 aromatic rings. The third-order valence-electron chi connectivity index (χ3n) is 3.75. The van der Waals surface area contributed by atoms with E-state index in [1.165, 1.54) is 24.1 Å². The van der Waals surface area contributed by atoms with E-state index in [1.54, 1.807) is 6.20 Å². The van der Waals surface area contributed by atoms with Crippen molar-refractivity contribution >= 4 is 5.82 Å². The van der Waals surface area contributed by atoms with Crippen LogP contribution in [0.5, 0.6) is 0 Å². The second-order valence-corrected chi connectivity index (χ2v) is 5.32. The molecule has 0 radical (unpaired) electrons. The number of imidazole rings is 1. The van der Waals surface area contributed by atoms with Gasteiger partial charge in [0, 0.05) is 37.2 Å². The molecule has 1 N–H and O–H groups in total. The first-order chi connectivity index (χ1) is 9.79. The minimum atomic E-state index is 0.733. The summed E-state index contributed by atoms with van der Waals surface area (Å²) in [5.41, 5.74) is 2.51. The maximum atomic E-state index is 4.75. The Balaban J connectivity index is 2.05. The molecule has 2 aromatic heterocycles. The maximum Gasteiger partial charge on any atom is 0.198 e. The van der Waals surface area contributed by atoms with E-state index in [9.17, 15) is 0 Å². The molecule has 0 amide bonds. The van der Waals surface area contributed by atoms with Crippen molar-refractivity contribution < 1.29 is 0 Å². The number of fused-ring (bicyclic) bond motifs is 1. The minimum absolute atomic E-state index is 0.733. The van der Waals surface area contributed by atoms with Crippen LogP contribution >= 0.6 is 0 Å². The van der Waals surface area contributed by atoms with Crippen LogP contribution in [0.1, 0.15) is 37.4 Å². The van der Waals surface area contributed by atoms with Crippen LogP contribution in [0.3, 0.4) is 0 Å². The fourth-order valence-electron chi connectivity index (χ4n) is 2.66. The summed E-state index contributed by atoms with van der Waals surface area (Å²) in [5.74, 6) is 2.57. The van der Waals surface area contributed by atoms with Crippen LogP contribution in [0.4, 0.5) is 5.82 Å². The van der Waals surface area contributed by atoms with Gasteiger partial charge in [0.1, 0.15) is 5.82 Å². The molecule has 106 valence electrons. The van der Waals surface area contributed by atoms with Crippen LogP contribution < -0.4 is 5.32 Å². The number of aryl methyl sites for hydroxylation is 2. The van der Waals surface area contributed by atoms with E-state index in [-0.39, 0.29) is 0 Å². The van der Waals surface area contributed by atoms with Crippen LogP contribution in [0.2, 0.25) is 0 Å². The fraction of sp³-hybridized carbons (Fsp3) is 0.533. The number of anilines is 1. The number of aromatic nitrogens is 4. The van der Waals surface area contributed by atoms with Crippen molar-refractivity contribution in [1.82, 2.24) is 19.5 Å². The predicted octanol–water partition coefficient (Wildman–Crippen LogP) is 2.58. The average molecular weight is 271 g/mol. The summed E-state index contributed by atoms with van der Waals surface area (Å²) in [7, 11) is 1.98. The first-order valence-electron chi connectivity index (χ1n) is 7.41. The van der Waals surface area contributed by atoms with E-state index in [2.05, 4.69) is 17.2 Å². The lowest BCUT2D eigenvalue weighted by molar-refractivity contribution is 0.663. The van der Waals surface area contributed by atoms with E-state index in [0.717, 1.165) is 43.3 Å². The van der Waals surface area contributed by atoms with Gasteiger partial charge in [-0.3, -0.25) is 0 Å². The molecule has 2 heterocycles. The van der Waals surface area contributed by atoms with Gasteiger partial charge in [0.25, 0.3) is 0 Å². The van der Waals surface area contributed by atoms with Crippen molar-refractivity contribution in [1.29, 1.82) is 0 Å². The molecule has 0 atom stereocenters. The molecule has 5 heteroatoms. The van der Waals surface area contributed by atoms with Gasteiger partial charge in [0.05, 0.1) is 0 Å². The van der Waals surface area contributed by atoms with E-state index < -0.39 is 0 Å². The Morgan fingerprint density at radius 2 is 2.10 bits per heavy atom. The zero-order valence-corrected chi connectivity index (χ0v) is 12.2. The van der Waals surface area contributed by atoms with E-state index >= 15 is 0 Å². The zero-order valence-electron chi connectivity index (χ0n) is 12.2. The van der Waals surface area contributed by atoms with Gasteiger partial charge in [-0.25, -0.2) is 15.0 Å². The Hall–Kier alpha value is -1.91. The van der Waals surface area contributed by atoms with Crippen LogP contribution in [-0.2, 0) is 19.9 Å². The van der Waals surface area contributed by atoms with Crippen LogP contribution in [0, 0.1) is 0 Å². The molecule has 1 aliphatic rings. The van der Waals surface area contributed by atoms with Gasteiger partial charge in [-0.05, 0) is 32.1 Å². The summed E-state index contributed by atoms with van der Waals surface area (Å²) in [6, 6.07) is 0. The molecule has 0 bridgehead atoms. The third kappa shape index (κ3) is 2.40. The lowest BCUT2D eigenvalue weighted by Crippen LogP contribution is -2.14. The van der Waals surface area contributed by atoms with Crippen molar-refractivity contribution in [2.45, 2.75) is 39.0 Å². The second kappa shape index (κ2) is 5.61. The van der Waals surface area contributed by atoms with Gasteiger partial charge >= 0.3 is 0 Å². The van der Waals surface area contributed by atoms with Crippen molar-refractivity contribution in [2.75, 3.05) is 11.9 Å². The van der Waals surface area contributed by atoms with Crippen molar-refractivity contribution in [3.05, 3.63) is 23.7 Å². The lowest BCUT2D eigenvalue weighted by atomic mass is 9.96. The molecule has 0 fully saturated rings. The van der Waals surface area contributed by atoms with E-state index in [1.807, 2.05) is 17.8 Å². The molecular formula is C15H21N5. The van der Waals surface area contributed by atoms with Gasteiger partial charge < -0.3 is 9.88 Å². The van der Waals surface area contributed by atoms with Gasteiger partial charge in [-0.15, -0.1) is 0 Å². The molecule has 0 spiro atoms. The topological polar surface area (TPSA) is 55.6 Å². The normalized spacial score (nSPS) is 14.1. The van der Waals surface area contributed by atoms with E-state index in [4.69, 9.17) is 9.97 Å². The monoisotopic (exact) mass is 271 g/mol. The molecule has 0 unspecified atom stereocenters. The Labute approximate surface area is 119 Å². The zero-order chi connectivity index (χ0) is 13.9. The largest absolute Gasteiger partial charge is 0.370 e. The summed E-state index contributed by atoms with van der Waals surface area (Å²) >= 11 is 0. The Morgan fingerprint density at radius 1 is 1.25 bits per heavy atom. The summed E-state index contributed by atoms with van der Waals surface area (Å²) in [4.78, 5) is 13.8. The van der Waals surface area contributed by atoms with Crippen molar-refractivity contribution in [3.63, 3.8) is 0 Å². The Kier molecular flexibility index (Phi) is 3.67. The first kappa shape index (κ1) is 13.1. The first-order valence-corrected chi connectivity index (χ1v) is 7.41. The highest BCUT2D eigenvalue weighted by atomic mass is 15.1. The number of nitrogens with one attached hydrogen (secondary N) is 1. The van der Waals surface area contributed by atoms with Gasteiger partial charge in [0.2, 0.25) is 0 Å². The number of nitrogens with zero attached hydrogens (tertiary/aromatic N) is 4. The third-order valence-corrected chi connectivity index (χ3v) is 3.75. The number of hydrogen-bond donors (Lipinski definition) is 1. The quantitative estimate of drug-likeness (QED) is 0.928. The molecule has 0 saturated carbocycles. The number of rotatable bonds is 4. The van der Waals surface area contributed by atoms with Crippen LogP contribution in [-0.4, -0.2) is 26.1 Å². The Morgan fingerprint density at radius 3 is 2.85 bits per heavy atom. The highest BCUT2D eigenvalue weighted by Gasteiger charge is 2.19. The summed E-state index contributed by atoms with van der Waals surface area (Å²) < 4.78 is 1.97. The smallest absolute Gasteiger partial charge is 0.198 e.